The van der Waals surface area contributed by atoms with Crippen molar-refractivity contribution in [3.05, 3.63) is 47.5 Å². The van der Waals surface area contributed by atoms with E-state index >= 15 is 0 Å². The second-order valence-corrected chi connectivity index (χ2v) is 5.21. The molecule has 0 radical (unpaired) electrons. The average Bonchev–Trinajstić information content (AvgIpc) is 2.41. The van der Waals surface area contributed by atoms with E-state index in [0.29, 0.717) is 0 Å². The van der Waals surface area contributed by atoms with Crippen LogP contribution in [0.2, 0.25) is 0 Å². The van der Waals surface area contributed by atoms with Crippen molar-refractivity contribution in [3.8, 4) is 0 Å². The van der Waals surface area contributed by atoms with Gasteiger partial charge in [0.1, 0.15) is 0 Å². The van der Waals surface area contributed by atoms with E-state index in [0.717, 1.165) is 0 Å². The van der Waals surface area contributed by atoms with Gasteiger partial charge in [-0.05, 0) is 40.7 Å². The Morgan fingerprint density at radius 3 is 2.06 bits per heavy atom. The highest BCUT2D eigenvalue weighted by Gasteiger charge is 2.20. The van der Waals surface area contributed by atoms with Gasteiger partial charge in [-0.25, -0.2) is 0 Å². The second-order valence-electron chi connectivity index (χ2n) is 5.21. The molecule has 0 spiro atoms. The molecule has 0 bridgehead atoms. The first-order valence-corrected chi connectivity index (χ1v) is 7.05. The summed E-state index contributed by atoms with van der Waals surface area (Å²) in [5.74, 6) is 0. The lowest BCUT2D eigenvalue weighted by molar-refractivity contribution is 0.510. The van der Waals surface area contributed by atoms with Gasteiger partial charge in [-0.15, -0.1) is 0 Å². The lowest BCUT2D eigenvalue weighted by Crippen LogP contribution is -2.15. The molecule has 0 nitrogen and oxygen atoms in total. The fraction of sp³-hybridized carbons (Fsp3) is 0.444. The maximum atomic E-state index is 2.32. The molecule has 0 aromatic heterocycles. The molecule has 18 heavy (non-hydrogen) atoms. The number of rotatable bonds is 2. The van der Waals surface area contributed by atoms with Crippen LogP contribution in [-0.2, 0) is 5.41 Å². The molecule has 2 aromatic rings. The van der Waals surface area contributed by atoms with Crippen LogP contribution in [0.3, 0.4) is 0 Å². The Morgan fingerprint density at radius 1 is 0.889 bits per heavy atom. The molecule has 0 saturated heterocycles. The standard InChI is InChI=1S/C16H20.C2H6/c1-5-16(3,4)15-11-7-9-13-12(2)8-6-10-14(13)15;1-2/h6-11H,5H2,1-4H3;1-2H3. The number of hydrogen-bond donors (Lipinski definition) is 0. The van der Waals surface area contributed by atoms with Crippen LogP contribution in [0, 0.1) is 6.92 Å². The maximum Gasteiger partial charge on any atom is -0.0100 e. The van der Waals surface area contributed by atoms with Gasteiger partial charge in [0, 0.05) is 0 Å². The van der Waals surface area contributed by atoms with Crippen LogP contribution < -0.4 is 0 Å². The third-order valence-electron chi connectivity index (χ3n) is 3.75. The first-order chi connectivity index (χ1) is 8.56. The van der Waals surface area contributed by atoms with E-state index in [4.69, 9.17) is 0 Å². The van der Waals surface area contributed by atoms with Crippen molar-refractivity contribution in [1.82, 2.24) is 0 Å². The summed E-state index contributed by atoms with van der Waals surface area (Å²) in [4.78, 5) is 0. The van der Waals surface area contributed by atoms with Gasteiger partial charge in [0.2, 0.25) is 0 Å². The highest BCUT2D eigenvalue weighted by atomic mass is 14.2. The van der Waals surface area contributed by atoms with Gasteiger partial charge in [0.15, 0.2) is 0 Å². The van der Waals surface area contributed by atoms with Gasteiger partial charge in [0.25, 0.3) is 0 Å². The second kappa shape index (κ2) is 6.04. The molecule has 0 atom stereocenters. The summed E-state index contributed by atoms with van der Waals surface area (Å²) in [6.45, 7) is 13.1. The molecule has 2 rings (SSSR count). The molecule has 0 heteroatoms. The van der Waals surface area contributed by atoms with Crippen LogP contribution in [0.15, 0.2) is 36.4 Å². The number of hydrogen-bond acceptors (Lipinski definition) is 0. The van der Waals surface area contributed by atoms with Gasteiger partial charge in [-0.3, -0.25) is 0 Å². The maximum absolute atomic E-state index is 2.32. The van der Waals surface area contributed by atoms with Crippen LogP contribution in [0.1, 0.15) is 52.2 Å². The van der Waals surface area contributed by atoms with Crippen molar-refractivity contribution in [2.75, 3.05) is 0 Å². The summed E-state index contributed by atoms with van der Waals surface area (Å²) in [5.41, 5.74) is 3.09. The zero-order valence-corrected chi connectivity index (χ0v) is 12.7. The normalized spacial score (nSPS) is 11.0. The molecule has 0 heterocycles. The molecular formula is C18H26. The van der Waals surface area contributed by atoms with Crippen molar-refractivity contribution < 1.29 is 0 Å². The zero-order valence-electron chi connectivity index (χ0n) is 12.7. The third kappa shape index (κ3) is 2.75. The van der Waals surface area contributed by atoms with Crippen LogP contribution in [0.4, 0.5) is 0 Å². The summed E-state index contributed by atoms with van der Waals surface area (Å²) in [6.07, 6.45) is 1.17. The fourth-order valence-electron chi connectivity index (χ4n) is 2.25. The van der Waals surface area contributed by atoms with Crippen molar-refractivity contribution in [1.29, 1.82) is 0 Å². The van der Waals surface area contributed by atoms with Crippen LogP contribution >= 0.6 is 0 Å². The molecule has 0 aliphatic carbocycles. The van der Waals surface area contributed by atoms with Gasteiger partial charge in [-0.1, -0.05) is 71.0 Å². The number of benzene rings is 2. The fourth-order valence-corrected chi connectivity index (χ4v) is 2.25. The van der Waals surface area contributed by atoms with E-state index < -0.39 is 0 Å². The lowest BCUT2D eigenvalue weighted by atomic mass is 9.79. The Bertz CT molecular complexity index is 506. The van der Waals surface area contributed by atoms with E-state index in [1.54, 1.807) is 0 Å². The first-order valence-electron chi connectivity index (χ1n) is 7.05. The Hall–Kier alpha value is -1.30. The summed E-state index contributed by atoms with van der Waals surface area (Å²) < 4.78 is 0. The van der Waals surface area contributed by atoms with Gasteiger partial charge < -0.3 is 0 Å². The summed E-state index contributed by atoms with van der Waals surface area (Å²) >= 11 is 0. The predicted molar refractivity (Wildman–Crippen MR) is 83.4 cm³/mol. The third-order valence-corrected chi connectivity index (χ3v) is 3.75. The van der Waals surface area contributed by atoms with Crippen LogP contribution in [-0.4, -0.2) is 0 Å². The first kappa shape index (κ1) is 14.8. The highest BCUT2D eigenvalue weighted by Crippen LogP contribution is 2.33. The van der Waals surface area contributed by atoms with Crippen LogP contribution in [0.25, 0.3) is 10.8 Å². The molecule has 0 aliphatic rings. The minimum atomic E-state index is 0.257. The quantitative estimate of drug-likeness (QED) is 0.618. The summed E-state index contributed by atoms with van der Waals surface area (Å²) in [7, 11) is 0. The monoisotopic (exact) mass is 242 g/mol. The summed E-state index contributed by atoms with van der Waals surface area (Å²) in [6, 6.07) is 13.3. The smallest absolute Gasteiger partial charge is 0.0100 e. The minimum absolute atomic E-state index is 0.257. The largest absolute Gasteiger partial charge is 0.0683 e. The van der Waals surface area contributed by atoms with E-state index in [9.17, 15) is 0 Å². The molecular weight excluding hydrogens is 216 g/mol. The van der Waals surface area contributed by atoms with Crippen molar-refractivity contribution in [2.24, 2.45) is 0 Å². The molecule has 0 unspecified atom stereocenters. The summed E-state index contributed by atoms with van der Waals surface area (Å²) in [5, 5.41) is 2.80. The molecule has 0 amide bonds. The van der Waals surface area contributed by atoms with E-state index in [-0.39, 0.29) is 5.41 Å². The number of fused-ring (bicyclic) bond motifs is 1. The molecule has 0 saturated carbocycles. The van der Waals surface area contributed by atoms with E-state index in [1.165, 1.54) is 28.3 Å². The molecule has 0 fully saturated rings. The van der Waals surface area contributed by atoms with Crippen molar-refractivity contribution >= 4 is 10.8 Å². The lowest BCUT2D eigenvalue weighted by Gasteiger charge is -2.25. The Kier molecular flexibility index (Phi) is 4.95. The van der Waals surface area contributed by atoms with Gasteiger partial charge in [0.05, 0.1) is 0 Å². The topological polar surface area (TPSA) is 0 Å². The molecule has 98 valence electrons. The van der Waals surface area contributed by atoms with Gasteiger partial charge >= 0.3 is 0 Å². The predicted octanol–water partition coefficient (Wildman–Crippen LogP) is 5.86. The Balaban J connectivity index is 0.000000771. The molecule has 0 N–H and O–H groups in total. The van der Waals surface area contributed by atoms with Crippen molar-refractivity contribution in [2.45, 2.75) is 53.4 Å². The highest BCUT2D eigenvalue weighted by molar-refractivity contribution is 5.89. The van der Waals surface area contributed by atoms with Gasteiger partial charge in [-0.2, -0.15) is 0 Å². The average molecular weight is 242 g/mol. The molecule has 2 aromatic carbocycles. The minimum Gasteiger partial charge on any atom is -0.0683 e. The van der Waals surface area contributed by atoms with Crippen molar-refractivity contribution in [3.63, 3.8) is 0 Å². The number of aryl methyl sites for hydroxylation is 1. The van der Waals surface area contributed by atoms with Crippen LogP contribution in [0.5, 0.6) is 0 Å². The Labute approximate surface area is 112 Å². The Morgan fingerprint density at radius 2 is 1.44 bits per heavy atom. The van der Waals surface area contributed by atoms with E-state index in [1.807, 2.05) is 13.8 Å². The zero-order chi connectivity index (χ0) is 13.8. The van der Waals surface area contributed by atoms with E-state index in [2.05, 4.69) is 64.1 Å². The molecule has 0 aliphatic heterocycles. The SMILES string of the molecule is CC.CCC(C)(C)c1cccc2c(C)cccc12.